The van der Waals surface area contributed by atoms with Gasteiger partial charge in [-0.3, -0.25) is 9.59 Å². The minimum absolute atomic E-state index is 0.0375. The third-order valence-electron chi connectivity index (χ3n) is 1.55. The predicted molar refractivity (Wildman–Crippen MR) is 58.5 cm³/mol. The highest BCUT2D eigenvalue weighted by Crippen LogP contribution is 2.05. The lowest BCUT2D eigenvalue weighted by Crippen LogP contribution is -2.12. The first-order valence-corrected chi connectivity index (χ1v) is 6.11. The molecule has 0 aliphatic carbocycles. The molecule has 3 nitrogen and oxygen atoms in total. The van der Waals surface area contributed by atoms with Crippen molar-refractivity contribution in [2.75, 3.05) is 18.1 Å². The summed E-state index contributed by atoms with van der Waals surface area (Å²) in [6.45, 7) is 4.19. The van der Waals surface area contributed by atoms with Crippen molar-refractivity contribution < 1.29 is 14.3 Å². The molecule has 0 aromatic heterocycles. The Labute approximate surface area is 89.6 Å². The minimum Gasteiger partial charge on any atom is -0.466 e. The van der Waals surface area contributed by atoms with Crippen LogP contribution in [-0.4, -0.2) is 29.9 Å². The maximum atomic E-state index is 11.2. The summed E-state index contributed by atoms with van der Waals surface area (Å²) in [5.74, 6) is 0.974. The Hall–Kier alpha value is -0.510. The molecule has 0 N–H and O–H groups in total. The molecule has 0 aromatic rings. The summed E-state index contributed by atoms with van der Waals surface area (Å²) in [4.78, 5) is 22.1. The molecule has 0 bridgehead atoms. The zero-order valence-corrected chi connectivity index (χ0v) is 9.69. The van der Waals surface area contributed by atoms with Gasteiger partial charge in [0, 0.05) is 0 Å². The van der Waals surface area contributed by atoms with E-state index in [1.54, 1.807) is 18.7 Å². The Morgan fingerprint density at radius 1 is 1.29 bits per heavy atom. The van der Waals surface area contributed by atoms with Crippen molar-refractivity contribution in [3.63, 3.8) is 0 Å². The highest BCUT2D eigenvalue weighted by Gasteiger charge is 2.09. The first-order chi connectivity index (χ1) is 6.70. The number of hydrogen-bond donors (Lipinski definition) is 0. The average molecular weight is 218 g/mol. The molecule has 0 radical (unpaired) electrons. The van der Waals surface area contributed by atoms with Crippen LogP contribution < -0.4 is 0 Å². The van der Waals surface area contributed by atoms with E-state index in [2.05, 4.69) is 11.7 Å². The second-order valence-electron chi connectivity index (χ2n) is 2.93. The number of rotatable bonds is 8. The highest BCUT2D eigenvalue weighted by molar-refractivity contribution is 7.99. The standard InChI is InChI=1S/C10H18O3S/c1-3-5-6-14-8-9(11)7-10(12)13-4-2/h3-8H2,1-2H3. The van der Waals surface area contributed by atoms with E-state index >= 15 is 0 Å². The quantitative estimate of drug-likeness (QED) is 0.355. The Bertz CT molecular complexity index is 180. The molecule has 82 valence electrons. The number of Topliss-reactive ketones (excluding diaryl/α,β-unsaturated/α-hetero) is 1. The molecule has 0 unspecified atom stereocenters. The molecule has 0 rings (SSSR count). The van der Waals surface area contributed by atoms with E-state index in [0.29, 0.717) is 12.4 Å². The van der Waals surface area contributed by atoms with Crippen molar-refractivity contribution >= 4 is 23.5 Å². The van der Waals surface area contributed by atoms with Crippen LogP contribution >= 0.6 is 11.8 Å². The highest BCUT2D eigenvalue weighted by atomic mass is 32.2. The van der Waals surface area contributed by atoms with Gasteiger partial charge in [-0.05, 0) is 19.1 Å². The first kappa shape index (κ1) is 13.5. The van der Waals surface area contributed by atoms with Crippen molar-refractivity contribution in [3.05, 3.63) is 0 Å². The molecule has 0 saturated heterocycles. The van der Waals surface area contributed by atoms with E-state index in [0.717, 1.165) is 18.6 Å². The van der Waals surface area contributed by atoms with Crippen LogP contribution in [0.25, 0.3) is 0 Å². The third kappa shape index (κ3) is 8.10. The van der Waals surface area contributed by atoms with Crippen molar-refractivity contribution in [2.24, 2.45) is 0 Å². The van der Waals surface area contributed by atoms with E-state index < -0.39 is 5.97 Å². The molecular formula is C10H18O3S. The summed E-state index contributed by atoms with van der Waals surface area (Å²) in [7, 11) is 0. The van der Waals surface area contributed by atoms with E-state index in [1.807, 2.05) is 0 Å². The van der Waals surface area contributed by atoms with Gasteiger partial charge in [0.25, 0.3) is 0 Å². The van der Waals surface area contributed by atoms with Crippen molar-refractivity contribution in [3.8, 4) is 0 Å². The van der Waals surface area contributed by atoms with Crippen LogP contribution in [0, 0.1) is 0 Å². The molecule has 0 aliphatic heterocycles. The lowest BCUT2D eigenvalue weighted by Gasteiger charge is -2.01. The van der Waals surface area contributed by atoms with Gasteiger partial charge in [-0.2, -0.15) is 11.8 Å². The Balaban J connectivity index is 3.40. The number of esters is 1. The normalized spacial score (nSPS) is 9.86. The summed E-state index contributed by atoms with van der Waals surface area (Å²) in [5, 5.41) is 0. The van der Waals surface area contributed by atoms with Crippen LogP contribution in [0.3, 0.4) is 0 Å². The number of ether oxygens (including phenoxy) is 1. The number of carbonyl (C=O) groups is 2. The fraction of sp³-hybridized carbons (Fsp3) is 0.800. The zero-order chi connectivity index (χ0) is 10.8. The monoisotopic (exact) mass is 218 g/mol. The molecule has 0 amide bonds. The topological polar surface area (TPSA) is 43.4 Å². The first-order valence-electron chi connectivity index (χ1n) is 4.95. The summed E-state index contributed by atoms with van der Waals surface area (Å²) in [6.07, 6.45) is 2.18. The van der Waals surface area contributed by atoms with Gasteiger partial charge < -0.3 is 4.74 Å². The van der Waals surface area contributed by atoms with Crippen LogP contribution in [0.1, 0.15) is 33.1 Å². The van der Waals surface area contributed by atoms with Crippen LogP contribution in [-0.2, 0) is 14.3 Å². The number of unbranched alkanes of at least 4 members (excludes halogenated alkanes) is 1. The van der Waals surface area contributed by atoms with Gasteiger partial charge in [-0.1, -0.05) is 13.3 Å². The molecule has 4 heteroatoms. The van der Waals surface area contributed by atoms with E-state index in [4.69, 9.17) is 0 Å². The lowest BCUT2D eigenvalue weighted by atomic mass is 10.3. The second-order valence-corrected chi connectivity index (χ2v) is 4.03. The summed E-state index contributed by atoms with van der Waals surface area (Å²) >= 11 is 1.59. The van der Waals surface area contributed by atoms with Gasteiger partial charge in [0.2, 0.25) is 0 Å². The molecule has 0 atom stereocenters. The number of hydrogen-bond acceptors (Lipinski definition) is 4. The Morgan fingerprint density at radius 2 is 2.00 bits per heavy atom. The van der Waals surface area contributed by atoms with Crippen molar-refractivity contribution in [1.82, 2.24) is 0 Å². The summed E-state index contributed by atoms with van der Waals surface area (Å²) in [6, 6.07) is 0. The largest absolute Gasteiger partial charge is 0.466 e. The molecule has 0 aromatic carbocycles. The maximum absolute atomic E-state index is 11.2. The summed E-state index contributed by atoms with van der Waals surface area (Å²) < 4.78 is 4.67. The Morgan fingerprint density at radius 3 is 2.57 bits per heavy atom. The molecule has 0 heterocycles. The fourth-order valence-corrected chi connectivity index (χ4v) is 1.82. The maximum Gasteiger partial charge on any atom is 0.313 e. The van der Waals surface area contributed by atoms with Gasteiger partial charge in [0.05, 0.1) is 12.4 Å². The summed E-state index contributed by atoms with van der Waals surface area (Å²) in [5.41, 5.74) is 0. The zero-order valence-electron chi connectivity index (χ0n) is 8.88. The molecule has 0 spiro atoms. The molecule has 14 heavy (non-hydrogen) atoms. The SMILES string of the molecule is CCCCSCC(=O)CC(=O)OCC. The number of carbonyl (C=O) groups excluding carboxylic acids is 2. The van der Waals surface area contributed by atoms with Gasteiger partial charge in [-0.25, -0.2) is 0 Å². The van der Waals surface area contributed by atoms with E-state index in [9.17, 15) is 9.59 Å². The lowest BCUT2D eigenvalue weighted by molar-refractivity contribution is -0.145. The van der Waals surface area contributed by atoms with Gasteiger partial charge in [-0.15, -0.1) is 0 Å². The molecular weight excluding hydrogens is 200 g/mol. The van der Waals surface area contributed by atoms with Crippen molar-refractivity contribution in [2.45, 2.75) is 33.1 Å². The smallest absolute Gasteiger partial charge is 0.313 e. The number of ketones is 1. The fourth-order valence-electron chi connectivity index (χ4n) is 0.856. The third-order valence-corrected chi connectivity index (χ3v) is 2.66. The Kier molecular flexibility index (Phi) is 8.73. The number of thioether (sulfide) groups is 1. The molecule has 0 fully saturated rings. The van der Waals surface area contributed by atoms with Gasteiger partial charge in [0.1, 0.15) is 6.42 Å². The van der Waals surface area contributed by atoms with E-state index in [-0.39, 0.29) is 12.2 Å². The molecule has 0 saturated carbocycles. The van der Waals surface area contributed by atoms with Crippen LogP contribution in [0.2, 0.25) is 0 Å². The van der Waals surface area contributed by atoms with Crippen molar-refractivity contribution in [1.29, 1.82) is 0 Å². The molecule has 0 aliphatic rings. The second kappa shape index (κ2) is 9.06. The minimum atomic E-state index is -0.409. The van der Waals surface area contributed by atoms with Gasteiger partial charge in [0.15, 0.2) is 5.78 Å². The average Bonchev–Trinajstić information content (AvgIpc) is 2.13. The van der Waals surface area contributed by atoms with Crippen LogP contribution in [0.15, 0.2) is 0 Å². The van der Waals surface area contributed by atoms with Gasteiger partial charge >= 0.3 is 5.97 Å². The van der Waals surface area contributed by atoms with Crippen LogP contribution in [0.4, 0.5) is 0 Å². The van der Waals surface area contributed by atoms with Crippen LogP contribution in [0.5, 0.6) is 0 Å². The van der Waals surface area contributed by atoms with E-state index in [1.165, 1.54) is 0 Å². The predicted octanol–water partition coefficient (Wildman–Crippen LogP) is 2.04.